The quantitative estimate of drug-likeness (QED) is 0.844. The second-order valence-corrected chi connectivity index (χ2v) is 5.54. The van der Waals surface area contributed by atoms with Crippen LogP contribution in [0.15, 0.2) is 16.6 Å². The molecule has 1 N–H and O–H groups in total. The Morgan fingerprint density at radius 2 is 2.24 bits per heavy atom. The van der Waals surface area contributed by atoms with E-state index in [1.807, 2.05) is 0 Å². The van der Waals surface area contributed by atoms with Gasteiger partial charge in [-0.05, 0) is 52.2 Å². The van der Waals surface area contributed by atoms with Gasteiger partial charge in [0, 0.05) is 0 Å². The van der Waals surface area contributed by atoms with E-state index in [1.54, 1.807) is 12.1 Å². The highest BCUT2D eigenvalue weighted by Crippen LogP contribution is 2.47. The lowest BCUT2D eigenvalue weighted by Crippen LogP contribution is -2.09. The van der Waals surface area contributed by atoms with Crippen LogP contribution in [0.5, 0.6) is 0 Å². The monoisotopic (exact) mass is 320 g/mol. The Balaban J connectivity index is 2.35. The number of carbonyl (C=O) groups is 1. The van der Waals surface area contributed by atoms with Gasteiger partial charge in [-0.15, -0.1) is 0 Å². The van der Waals surface area contributed by atoms with E-state index in [-0.39, 0.29) is 17.4 Å². The van der Waals surface area contributed by atoms with Gasteiger partial charge in [-0.2, -0.15) is 0 Å². The van der Waals surface area contributed by atoms with Crippen LogP contribution < -0.4 is 0 Å². The maximum Gasteiger partial charge on any atom is 0.303 e. The summed E-state index contributed by atoms with van der Waals surface area (Å²) in [6.45, 7) is 0. The Kier molecular flexibility index (Phi) is 3.73. The summed E-state index contributed by atoms with van der Waals surface area (Å²) in [5.74, 6) is -1.24. The predicted octanol–water partition coefficient (Wildman–Crippen LogP) is 4.21. The van der Waals surface area contributed by atoms with Gasteiger partial charge in [0.05, 0.1) is 15.9 Å². The lowest BCUT2D eigenvalue weighted by Gasteiger charge is -2.16. The van der Waals surface area contributed by atoms with Crippen LogP contribution in [0.25, 0.3) is 0 Å². The Labute approximate surface area is 112 Å². The molecule has 1 aromatic carbocycles. The van der Waals surface area contributed by atoms with Crippen molar-refractivity contribution in [2.45, 2.75) is 25.2 Å². The summed E-state index contributed by atoms with van der Waals surface area (Å²) in [6, 6.07) is 3.29. The van der Waals surface area contributed by atoms with Crippen molar-refractivity contribution in [3.63, 3.8) is 0 Å². The first-order valence-corrected chi connectivity index (χ1v) is 6.53. The van der Waals surface area contributed by atoms with Crippen LogP contribution in [0.1, 0.15) is 30.7 Å². The maximum absolute atomic E-state index is 13.6. The van der Waals surface area contributed by atoms with Crippen LogP contribution in [0.3, 0.4) is 0 Å². The molecule has 1 atom stereocenters. The molecule has 0 heterocycles. The molecule has 0 radical (unpaired) electrons. The van der Waals surface area contributed by atoms with Gasteiger partial charge in [0.25, 0.3) is 0 Å². The van der Waals surface area contributed by atoms with Crippen molar-refractivity contribution < 1.29 is 14.3 Å². The molecule has 92 valence electrons. The molecule has 2 rings (SSSR count). The van der Waals surface area contributed by atoms with Crippen molar-refractivity contribution in [1.29, 1.82) is 0 Å². The molecular weight excluding hydrogens is 310 g/mol. The number of benzene rings is 1. The minimum atomic E-state index is -0.874. The van der Waals surface area contributed by atoms with E-state index in [9.17, 15) is 9.18 Å². The summed E-state index contributed by atoms with van der Waals surface area (Å²) in [5.41, 5.74) is 0.609. The van der Waals surface area contributed by atoms with Gasteiger partial charge in [-0.25, -0.2) is 4.39 Å². The Bertz CT molecular complexity index is 460. The lowest BCUT2D eigenvalue weighted by atomic mass is 9.91. The molecule has 1 fully saturated rings. The molecule has 2 nitrogen and oxygen atoms in total. The molecule has 0 saturated heterocycles. The van der Waals surface area contributed by atoms with Crippen molar-refractivity contribution in [1.82, 2.24) is 0 Å². The van der Waals surface area contributed by atoms with E-state index in [0.717, 1.165) is 12.8 Å². The average molecular weight is 322 g/mol. The fraction of sp³-hybridized carbons (Fsp3) is 0.417. The van der Waals surface area contributed by atoms with Crippen LogP contribution in [-0.4, -0.2) is 11.1 Å². The first kappa shape index (κ1) is 12.8. The zero-order valence-electron chi connectivity index (χ0n) is 8.92. The third-order valence-corrected chi connectivity index (χ3v) is 4.05. The molecule has 0 aromatic heterocycles. The summed E-state index contributed by atoms with van der Waals surface area (Å²) in [4.78, 5) is 10.8. The van der Waals surface area contributed by atoms with Gasteiger partial charge in [-0.3, -0.25) is 4.79 Å². The fourth-order valence-corrected chi connectivity index (χ4v) is 2.79. The molecule has 5 heteroatoms. The summed E-state index contributed by atoms with van der Waals surface area (Å²) >= 11 is 9.01. The molecule has 0 spiro atoms. The molecular formula is C12H11BrClFO2. The van der Waals surface area contributed by atoms with Crippen molar-refractivity contribution in [3.05, 3.63) is 33.0 Å². The van der Waals surface area contributed by atoms with E-state index in [0.29, 0.717) is 16.0 Å². The molecule has 1 aliphatic rings. The summed E-state index contributed by atoms with van der Waals surface area (Å²) in [5, 5.41) is 8.93. The smallest absolute Gasteiger partial charge is 0.303 e. The van der Waals surface area contributed by atoms with E-state index >= 15 is 0 Å². The normalized spacial score (nSPS) is 16.9. The van der Waals surface area contributed by atoms with Crippen LogP contribution in [0, 0.1) is 11.7 Å². The minimum absolute atomic E-state index is 0.00542. The standard InChI is InChI=1S/C12H11BrClFO2/c13-9-4-3-7(11(14)12(9)15)8(5-10(16)17)6-1-2-6/h3-4,6,8H,1-2,5H2,(H,16,17). The van der Waals surface area contributed by atoms with Crippen molar-refractivity contribution in [3.8, 4) is 0 Å². The third kappa shape index (κ3) is 2.80. The summed E-state index contributed by atoms with van der Waals surface area (Å²) in [6.07, 6.45) is 1.99. The molecule has 1 aliphatic carbocycles. The first-order valence-electron chi connectivity index (χ1n) is 5.36. The van der Waals surface area contributed by atoms with Crippen molar-refractivity contribution in [2.24, 2.45) is 5.92 Å². The number of rotatable bonds is 4. The zero-order valence-corrected chi connectivity index (χ0v) is 11.3. The van der Waals surface area contributed by atoms with Crippen LogP contribution in [0.2, 0.25) is 5.02 Å². The SMILES string of the molecule is O=C(O)CC(c1ccc(Br)c(F)c1Cl)C1CC1. The molecule has 0 aliphatic heterocycles. The summed E-state index contributed by atoms with van der Waals surface area (Å²) < 4.78 is 13.9. The highest BCUT2D eigenvalue weighted by atomic mass is 79.9. The van der Waals surface area contributed by atoms with Gasteiger partial charge in [0.2, 0.25) is 0 Å². The number of halogens is 3. The largest absolute Gasteiger partial charge is 0.481 e. The van der Waals surface area contributed by atoms with Gasteiger partial charge in [0.15, 0.2) is 5.82 Å². The van der Waals surface area contributed by atoms with Crippen molar-refractivity contribution in [2.75, 3.05) is 0 Å². The second-order valence-electron chi connectivity index (χ2n) is 4.31. The average Bonchev–Trinajstić information content (AvgIpc) is 3.07. The second kappa shape index (κ2) is 4.94. The molecule has 1 saturated carbocycles. The van der Waals surface area contributed by atoms with Crippen LogP contribution in [0.4, 0.5) is 4.39 Å². The number of hydrogen-bond donors (Lipinski definition) is 1. The van der Waals surface area contributed by atoms with E-state index in [4.69, 9.17) is 16.7 Å². The van der Waals surface area contributed by atoms with E-state index in [1.165, 1.54) is 0 Å². The van der Waals surface area contributed by atoms with E-state index < -0.39 is 11.8 Å². The third-order valence-electron chi connectivity index (χ3n) is 3.05. The van der Waals surface area contributed by atoms with Gasteiger partial charge >= 0.3 is 5.97 Å². The van der Waals surface area contributed by atoms with Gasteiger partial charge in [-0.1, -0.05) is 17.7 Å². The number of hydrogen-bond acceptors (Lipinski definition) is 1. The highest BCUT2D eigenvalue weighted by Gasteiger charge is 2.35. The fourth-order valence-electron chi connectivity index (χ4n) is 2.04. The minimum Gasteiger partial charge on any atom is -0.481 e. The molecule has 1 unspecified atom stereocenters. The Morgan fingerprint density at radius 3 is 2.76 bits per heavy atom. The zero-order chi connectivity index (χ0) is 12.6. The molecule has 0 amide bonds. The maximum atomic E-state index is 13.6. The Hall–Kier alpha value is -0.610. The van der Waals surface area contributed by atoms with Crippen molar-refractivity contribution >= 4 is 33.5 Å². The van der Waals surface area contributed by atoms with Gasteiger partial charge < -0.3 is 5.11 Å². The van der Waals surface area contributed by atoms with Crippen LogP contribution >= 0.6 is 27.5 Å². The highest BCUT2D eigenvalue weighted by molar-refractivity contribution is 9.10. The summed E-state index contributed by atoms with van der Waals surface area (Å²) in [7, 11) is 0. The number of aliphatic carboxylic acids is 1. The number of carboxylic acids is 1. The Morgan fingerprint density at radius 1 is 1.59 bits per heavy atom. The van der Waals surface area contributed by atoms with E-state index in [2.05, 4.69) is 15.9 Å². The van der Waals surface area contributed by atoms with Gasteiger partial charge in [0.1, 0.15) is 0 Å². The molecule has 0 bridgehead atoms. The molecule has 17 heavy (non-hydrogen) atoms. The molecule has 1 aromatic rings. The van der Waals surface area contributed by atoms with Crippen LogP contribution in [-0.2, 0) is 4.79 Å². The first-order chi connectivity index (χ1) is 8.00. The lowest BCUT2D eigenvalue weighted by molar-refractivity contribution is -0.137. The topological polar surface area (TPSA) is 37.3 Å². The predicted molar refractivity (Wildman–Crippen MR) is 66.8 cm³/mol. The number of carboxylic acid groups (broad SMARTS) is 1.